The SMILES string of the molecule is Cc1cc(S(N)(=O)=O)cc2c1N(C)C(=O)C2(C)C. The molecule has 0 aliphatic carbocycles. The topological polar surface area (TPSA) is 80.5 Å². The average molecular weight is 268 g/mol. The third-order valence-electron chi connectivity index (χ3n) is 3.45. The molecule has 2 rings (SSSR count). The lowest BCUT2D eigenvalue weighted by atomic mass is 9.85. The standard InChI is InChI=1S/C12H16N2O3S/c1-7-5-8(18(13,16)17)6-9-10(7)14(4)11(15)12(9,2)3/h5-6H,1-4H3,(H2,13,16,17). The second-order valence-corrected chi connectivity index (χ2v) is 6.73. The van der Waals surface area contributed by atoms with Gasteiger partial charge >= 0.3 is 0 Å². The van der Waals surface area contributed by atoms with Crippen molar-refractivity contribution >= 4 is 21.6 Å². The number of fused-ring (bicyclic) bond motifs is 1. The van der Waals surface area contributed by atoms with Crippen LogP contribution in [0.15, 0.2) is 17.0 Å². The van der Waals surface area contributed by atoms with Crippen molar-refractivity contribution in [1.29, 1.82) is 0 Å². The summed E-state index contributed by atoms with van der Waals surface area (Å²) in [6, 6.07) is 3.00. The lowest BCUT2D eigenvalue weighted by Crippen LogP contribution is -2.33. The summed E-state index contributed by atoms with van der Waals surface area (Å²) in [5.41, 5.74) is 1.49. The molecule has 1 amide bonds. The van der Waals surface area contributed by atoms with E-state index in [1.165, 1.54) is 12.1 Å². The Morgan fingerprint density at radius 2 is 1.83 bits per heavy atom. The Bertz CT molecular complexity index is 648. The van der Waals surface area contributed by atoms with E-state index in [1.54, 1.807) is 32.7 Å². The van der Waals surface area contributed by atoms with Crippen molar-refractivity contribution in [3.05, 3.63) is 23.3 Å². The van der Waals surface area contributed by atoms with Crippen molar-refractivity contribution in [3.63, 3.8) is 0 Å². The molecule has 0 unspecified atom stereocenters. The maximum Gasteiger partial charge on any atom is 0.238 e. The molecule has 0 saturated heterocycles. The van der Waals surface area contributed by atoms with Crippen molar-refractivity contribution in [3.8, 4) is 0 Å². The summed E-state index contributed by atoms with van der Waals surface area (Å²) >= 11 is 0. The number of primary sulfonamides is 1. The van der Waals surface area contributed by atoms with Crippen LogP contribution in [0.3, 0.4) is 0 Å². The average Bonchev–Trinajstić information content (AvgIpc) is 2.40. The monoisotopic (exact) mass is 268 g/mol. The van der Waals surface area contributed by atoms with E-state index in [-0.39, 0.29) is 10.8 Å². The fourth-order valence-corrected chi connectivity index (χ4v) is 3.09. The molecule has 1 aromatic carbocycles. The van der Waals surface area contributed by atoms with Crippen molar-refractivity contribution in [2.45, 2.75) is 31.1 Å². The number of rotatable bonds is 1. The number of aryl methyl sites for hydroxylation is 1. The second-order valence-electron chi connectivity index (χ2n) is 5.17. The van der Waals surface area contributed by atoms with Crippen LogP contribution < -0.4 is 10.0 Å². The molecule has 1 aliphatic heterocycles. The van der Waals surface area contributed by atoms with Gasteiger partial charge in [0.1, 0.15) is 0 Å². The molecule has 1 aliphatic rings. The van der Waals surface area contributed by atoms with Gasteiger partial charge in [-0.15, -0.1) is 0 Å². The van der Waals surface area contributed by atoms with E-state index in [4.69, 9.17) is 5.14 Å². The molecule has 5 nitrogen and oxygen atoms in total. The lowest BCUT2D eigenvalue weighted by molar-refractivity contribution is -0.121. The summed E-state index contributed by atoms with van der Waals surface area (Å²) in [6.45, 7) is 5.34. The Balaban J connectivity index is 2.81. The van der Waals surface area contributed by atoms with Gasteiger partial charge in [-0.1, -0.05) is 0 Å². The number of sulfonamides is 1. The molecule has 0 atom stereocenters. The molecule has 0 saturated carbocycles. The minimum absolute atomic E-state index is 0.0489. The van der Waals surface area contributed by atoms with Crippen LogP contribution in [0.5, 0.6) is 0 Å². The maximum absolute atomic E-state index is 12.1. The Kier molecular flexibility index (Phi) is 2.57. The molecule has 98 valence electrons. The zero-order chi connectivity index (χ0) is 13.9. The van der Waals surface area contributed by atoms with Crippen LogP contribution in [0.25, 0.3) is 0 Å². The van der Waals surface area contributed by atoms with Gasteiger partial charge in [-0.2, -0.15) is 0 Å². The van der Waals surface area contributed by atoms with Crippen LogP contribution in [0, 0.1) is 6.92 Å². The minimum Gasteiger partial charge on any atom is -0.314 e. The number of hydrogen-bond acceptors (Lipinski definition) is 3. The van der Waals surface area contributed by atoms with Crippen molar-refractivity contribution < 1.29 is 13.2 Å². The van der Waals surface area contributed by atoms with Crippen LogP contribution in [0.1, 0.15) is 25.0 Å². The lowest BCUT2D eigenvalue weighted by Gasteiger charge is -2.16. The zero-order valence-electron chi connectivity index (χ0n) is 10.8. The van der Waals surface area contributed by atoms with E-state index < -0.39 is 15.4 Å². The summed E-state index contributed by atoms with van der Waals surface area (Å²) in [5.74, 6) is -0.0489. The normalized spacial score (nSPS) is 18.1. The van der Waals surface area contributed by atoms with Crippen molar-refractivity contribution in [2.75, 3.05) is 11.9 Å². The van der Waals surface area contributed by atoms with Crippen LogP contribution in [0.2, 0.25) is 0 Å². The van der Waals surface area contributed by atoms with E-state index in [0.29, 0.717) is 5.56 Å². The fraction of sp³-hybridized carbons (Fsp3) is 0.417. The number of carbonyl (C=O) groups excluding carboxylic acids is 1. The first-order chi connectivity index (χ1) is 8.06. The van der Waals surface area contributed by atoms with E-state index >= 15 is 0 Å². The van der Waals surface area contributed by atoms with Gasteiger partial charge < -0.3 is 4.90 Å². The molecule has 6 heteroatoms. The minimum atomic E-state index is -3.76. The number of benzene rings is 1. The van der Waals surface area contributed by atoms with Gasteiger partial charge in [0.2, 0.25) is 15.9 Å². The van der Waals surface area contributed by atoms with Crippen LogP contribution in [0.4, 0.5) is 5.69 Å². The van der Waals surface area contributed by atoms with E-state index in [0.717, 1.165) is 11.3 Å². The number of anilines is 1. The second kappa shape index (κ2) is 3.55. The Morgan fingerprint density at radius 3 is 2.33 bits per heavy atom. The van der Waals surface area contributed by atoms with Crippen LogP contribution in [-0.2, 0) is 20.2 Å². The molecule has 0 spiro atoms. The summed E-state index contributed by atoms with van der Waals surface area (Å²) in [5, 5.41) is 5.15. The molecule has 1 aromatic rings. The van der Waals surface area contributed by atoms with E-state index in [9.17, 15) is 13.2 Å². The van der Waals surface area contributed by atoms with Gasteiger partial charge in [-0.3, -0.25) is 4.79 Å². The number of amides is 1. The Morgan fingerprint density at radius 1 is 1.28 bits per heavy atom. The van der Waals surface area contributed by atoms with E-state index in [2.05, 4.69) is 0 Å². The smallest absolute Gasteiger partial charge is 0.238 e. The summed E-state index contributed by atoms with van der Waals surface area (Å²) < 4.78 is 22.9. The summed E-state index contributed by atoms with van der Waals surface area (Å²) in [6.07, 6.45) is 0. The highest BCUT2D eigenvalue weighted by molar-refractivity contribution is 7.89. The first kappa shape index (κ1) is 13.0. The molecular weight excluding hydrogens is 252 g/mol. The number of nitrogens with two attached hydrogens (primary N) is 1. The quantitative estimate of drug-likeness (QED) is 0.821. The highest BCUT2D eigenvalue weighted by Gasteiger charge is 2.43. The molecular formula is C12H16N2O3S. The number of hydrogen-bond donors (Lipinski definition) is 1. The molecule has 0 bridgehead atoms. The molecule has 18 heavy (non-hydrogen) atoms. The number of carbonyl (C=O) groups is 1. The molecule has 1 heterocycles. The first-order valence-electron chi connectivity index (χ1n) is 5.53. The van der Waals surface area contributed by atoms with Gasteiger partial charge in [-0.25, -0.2) is 13.6 Å². The largest absolute Gasteiger partial charge is 0.314 e. The zero-order valence-corrected chi connectivity index (χ0v) is 11.6. The number of likely N-dealkylation sites (N-methyl/N-ethyl adjacent to an activating group) is 1. The third-order valence-corrected chi connectivity index (χ3v) is 4.34. The van der Waals surface area contributed by atoms with Crippen molar-refractivity contribution in [2.24, 2.45) is 5.14 Å². The molecule has 0 fully saturated rings. The maximum atomic E-state index is 12.1. The Labute approximate surface area is 107 Å². The van der Waals surface area contributed by atoms with E-state index in [1.807, 2.05) is 0 Å². The fourth-order valence-electron chi connectivity index (χ4n) is 2.47. The first-order valence-corrected chi connectivity index (χ1v) is 7.07. The highest BCUT2D eigenvalue weighted by atomic mass is 32.2. The van der Waals surface area contributed by atoms with Gasteiger partial charge in [-0.05, 0) is 44.0 Å². The molecule has 0 aromatic heterocycles. The van der Waals surface area contributed by atoms with Gasteiger partial charge in [0.25, 0.3) is 0 Å². The van der Waals surface area contributed by atoms with Crippen LogP contribution >= 0.6 is 0 Å². The summed E-state index contributed by atoms with van der Waals surface area (Å²) in [4.78, 5) is 13.8. The molecule has 2 N–H and O–H groups in total. The Hall–Kier alpha value is -1.40. The van der Waals surface area contributed by atoms with Crippen molar-refractivity contribution in [1.82, 2.24) is 0 Å². The predicted octanol–water partition coefficient (Wildman–Crippen LogP) is 0.896. The predicted molar refractivity (Wildman–Crippen MR) is 69.0 cm³/mol. The molecule has 0 radical (unpaired) electrons. The van der Waals surface area contributed by atoms with Gasteiger partial charge in [0.15, 0.2) is 0 Å². The van der Waals surface area contributed by atoms with Gasteiger partial charge in [0.05, 0.1) is 16.0 Å². The van der Waals surface area contributed by atoms with Crippen LogP contribution in [-0.4, -0.2) is 21.4 Å². The third kappa shape index (κ3) is 1.64. The summed E-state index contributed by atoms with van der Waals surface area (Å²) in [7, 11) is -2.07. The highest BCUT2D eigenvalue weighted by Crippen LogP contribution is 2.43. The van der Waals surface area contributed by atoms with Gasteiger partial charge in [0, 0.05) is 7.05 Å². The number of nitrogens with zero attached hydrogens (tertiary/aromatic N) is 1.